The first-order valence-electron chi connectivity index (χ1n) is 7.64. The zero-order valence-electron chi connectivity index (χ0n) is 14.1. The molecule has 0 fully saturated rings. The van der Waals surface area contributed by atoms with E-state index in [0.29, 0.717) is 11.1 Å². The molecule has 0 bridgehead atoms. The number of nitriles is 1. The van der Waals surface area contributed by atoms with Crippen molar-refractivity contribution in [1.82, 2.24) is 13.9 Å². The highest BCUT2D eigenvalue weighted by molar-refractivity contribution is 7.89. The molecule has 10 heteroatoms. The molecule has 3 aromatic rings. The van der Waals surface area contributed by atoms with E-state index in [1.54, 1.807) is 12.1 Å². The van der Waals surface area contributed by atoms with Crippen molar-refractivity contribution in [3.05, 3.63) is 60.2 Å². The maximum Gasteiger partial charge on any atom is 0.407 e. The minimum atomic E-state index is -4.09. The van der Waals surface area contributed by atoms with Crippen LogP contribution in [0.5, 0.6) is 0 Å². The lowest BCUT2D eigenvalue weighted by atomic mass is 10.1. The molecule has 3 heterocycles. The molecule has 0 unspecified atom stereocenters. The Hall–Kier alpha value is -3.58. The second-order valence-corrected chi connectivity index (χ2v) is 7.36. The molecule has 27 heavy (non-hydrogen) atoms. The third-order valence-electron chi connectivity index (χ3n) is 3.79. The average Bonchev–Trinajstić information content (AvgIpc) is 3.32. The first-order chi connectivity index (χ1) is 12.8. The predicted octanol–water partition coefficient (Wildman–Crippen LogP) is 2.36. The second-order valence-electron chi connectivity index (χ2n) is 5.62. The molecule has 0 aromatic carbocycles. The zero-order valence-corrected chi connectivity index (χ0v) is 14.9. The van der Waals surface area contributed by atoms with Crippen molar-refractivity contribution in [1.29, 1.82) is 5.26 Å². The zero-order chi connectivity index (χ0) is 19.6. The Morgan fingerprint density at radius 3 is 2.81 bits per heavy atom. The summed E-state index contributed by atoms with van der Waals surface area (Å²) in [6.45, 7) is -0.0366. The summed E-state index contributed by atoms with van der Waals surface area (Å²) in [6.07, 6.45) is 2.81. The first kappa shape index (κ1) is 18.2. The van der Waals surface area contributed by atoms with Crippen LogP contribution in [0.15, 0.2) is 58.5 Å². The molecule has 0 atom stereocenters. The minimum absolute atomic E-state index is 0.0366. The number of furan rings is 1. The van der Waals surface area contributed by atoms with E-state index in [-0.39, 0.29) is 23.0 Å². The van der Waals surface area contributed by atoms with Gasteiger partial charge in [0.2, 0.25) is 5.09 Å². The van der Waals surface area contributed by atoms with Crippen LogP contribution >= 0.6 is 0 Å². The lowest BCUT2D eigenvalue weighted by Gasteiger charge is -2.10. The highest BCUT2D eigenvalue weighted by Gasteiger charge is 2.26. The number of rotatable bonds is 5. The van der Waals surface area contributed by atoms with Crippen molar-refractivity contribution >= 4 is 16.1 Å². The first-order valence-corrected chi connectivity index (χ1v) is 9.08. The molecule has 1 amide bonds. The van der Waals surface area contributed by atoms with Crippen LogP contribution < -0.4 is 0 Å². The summed E-state index contributed by atoms with van der Waals surface area (Å²) in [5, 5.41) is 18.1. The molecular weight excluding hydrogens is 372 g/mol. The van der Waals surface area contributed by atoms with E-state index < -0.39 is 16.1 Å². The van der Waals surface area contributed by atoms with Gasteiger partial charge in [-0.3, -0.25) is 0 Å². The molecule has 0 aliphatic carbocycles. The van der Waals surface area contributed by atoms with Crippen LogP contribution in [0.4, 0.5) is 4.79 Å². The molecule has 0 saturated carbocycles. The van der Waals surface area contributed by atoms with Crippen LogP contribution in [0.25, 0.3) is 11.3 Å². The maximum atomic E-state index is 13.0. The maximum absolute atomic E-state index is 13.0. The Morgan fingerprint density at radius 2 is 2.19 bits per heavy atom. The summed E-state index contributed by atoms with van der Waals surface area (Å²) in [4.78, 5) is 16.1. The Morgan fingerprint density at radius 1 is 1.41 bits per heavy atom. The Kier molecular flexibility index (Phi) is 4.70. The average molecular weight is 386 g/mol. The van der Waals surface area contributed by atoms with Crippen LogP contribution in [-0.4, -0.2) is 40.5 Å². The smallest absolute Gasteiger partial charge is 0.407 e. The Labute approximate surface area is 154 Å². The molecule has 0 aliphatic heterocycles. The number of hydrogen-bond acceptors (Lipinski definition) is 6. The van der Waals surface area contributed by atoms with Crippen molar-refractivity contribution < 1.29 is 22.7 Å². The molecule has 3 rings (SSSR count). The van der Waals surface area contributed by atoms with Gasteiger partial charge in [0.1, 0.15) is 11.8 Å². The summed E-state index contributed by atoms with van der Waals surface area (Å²) in [5.41, 5.74) is 0.964. The molecule has 0 aliphatic rings. The van der Waals surface area contributed by atoms with E-state index in [9.17, 15) is 18.5 Å². The molecule has 9 nitrogen and oxygen atoms in total. The van der Waals surface area contributed by atoms with Gasteiger partial charge in [-0.1, -0.05) is 0 Å². The quantitative estimate of drug-likeness (QED) is 0.712. The highest BCUT2D eigenvalue weighted by atomic mass is 32.2. The van der Waals surface area contributed by atoms with Gasteiger partial charge in [0.25, 0.3) is 0 Å². The van der Waals surface area contributed by atoms with Gasteiger partial charge in [0.15, 0.2) is 0 Å². The standard InChI is InChI=1S/C17H14N4O5S/c1-20(17(22)23)10-12-8-15(13-4-2-6-19-14(13)9-18)21(11-12)27(24,25)16-5-3-7-26-16/h2-8,11H,10H2,1H3,(H,22,23). The number of nitrogens with zero attached hydrogens (tertiary/aromatic N) is 4. The van der Waals surface area contributed by atoms with E-state index in [4.69, 9.17) is 9.52 Å². The van der Waals surface area contributed by atoms with Crippen molar-refractivity contribution in [2.45, 2.75) is 11.6 Å². The van der Waals surface area contributed by atoms with Crippen LogP contribution in [0.2, 0.25) is 0 Å². The van der Waals surface area contributed by atoms with E-state index in [2.05, 4.69) is 4.98 Å². The van der Waals surface area contributed by atoms with Gasteiger partial charge in [0.05, 0.1) is 18.5 Å². The number of pyridine rings is 1. The predicted molar refractivity (Wildman–Crippen MR) is 93.2 cm³/mol. The fraction of sp³-hybridized carbons (Fsp3) is 0.118. The molecule has 0 spiro atoms. The number of carbonyl (C=O) groups is 1. The molecule has 1 N–H and O–H groups in total. The molecule has 138 valence electrons. The number of hydrogen-bond donors (Lipinski definition) is 1. The largest absolute Gasteiger partial charge is 0.465 e. The molecule has 3 aromatic heterocycles. The van der Waals surface area contributed by atoms with Crippen LogP contribution in [0, 0.1) is 11.3 Å². The molecular formula is C17H14N4O5S. The van der Waals surface area contributed by atoms with E-state index in [1.807, 2.05) is 6.07 Å². The van der Waals surface area contributed by atoms with Gasteiger partial charge >= 0.3 is 16.1 Å². The van der Waals surface area contributed by atoms with E-state index in [0.717, 1.165) is 8.87 Å². The molecule has 0 radical (unpaired) electrons. The van der Waals surface area contributed by atoms with Gasteiger partial charge < -0.3 is 14.4 Å². The summed E-state index contributed by atoms with van der Waals surface area (Å²) in [5.74, 6) is 0. The lowest BCUT2D eigenvalue weighted by Crippen LogP contribution is -2.23. The van der Waals surface area contributed by atoms with E-state index in [1.165, 1.54) is 43.9 Å². The fourth-order valence-electron chi connectivity index (χ4n) is 2.53. The van der Waals surface area contributed by atoms with Crippen molar-refractivity contribution in [2.75, 3.05) is 7.05 Å². The van der Waals surface area contributed by atoms with Crippen LogP contribution in [-0.2, 0) is 16.6 Å². The molecule has 0 saturated heterocycles. The van der Waals surface area contributed by atoms with Crippen molar-refractivity contribution in [2.24, 2.45) is 0 Å². The number of aromatic nitrogens is 2. The third-order valence-corrected chi connectivity index (χ3v) is 5.35. The van der Waals surface area contributed by atoms with Crippen LogP contribution in [0.1, 0.15) is 11.3 Å². The minimum Gasteiger partial charge on any atom is -0.465 e. The summed E-state index contributed by atoms with van der Waals surface area (Å²) >= 11 is 0. The SMILES string of the molecule is CN(Cc1cc(-c2cccnc2C#N)n(S(=O)(=O)c2ccco2)c1)C(=O)O. The Balaban J connectivity index is 2.21. The lowest BCUT2D eigenvalue weighted by molar-refractivity contribution is 0.154. The van der Waals surface area contributed by atoms with Gasteiger partial charge in [-0.05, 0) is 35.9 Å². The monoisotopic (exact) mass is 386 g/mol. The topological polar surface area (TPSA) is 129 Å². The van der Waals surface area contributed by atoms with Crippen molar-refractivity contribution in [3.63, 3.8) is 0 Å². The summed E-state index contributed by atoms with van der Waals surface area (Å²) in [7, 11) is -2.72. The number of amides is 1. The Bertz CT molecular complexity index is 1130. The highest BCUT2D eigenvalue weighted by Crippen LogP contribution is 2.29. The fourth-order valence-corrected chi connectivity index (χ4v) is 3.83. The summed E-state index contributed by atoms with van der Waals surface area (Å²) < 4.78 is 31.9. The summed E-state index contributed by atoms with van der Waals surface area (Å²) in [6, 6.07) is 9.34. The van der Waals surface area contributed by atoms with Crippen molar-refractivity contribution in [3.8, 4) is 17.3 Å². The normalized spacial score (nSPS) is 11.1. The van der Waals surface area contributed by atoms with Gasteiger partial charge in [-0.2, -0.15) is 13.7 Å². The van der Waals surface area contributed by atoms with Gasteiger partial charge in [0, 0.05) is 25.0 Å². The van der Waals surface area contributed by atoms with Gasteiger partial charge in [-0.15, -0.1) is 0 Å². The van der Waals surface area contributed by atoms with E-state index >= 15 is 0 Å². The van der Waals surface area contributed by atoms with Crippen LogP contribution in [0.3, 0.4) is 0 Å². The van der Waals surface area contributed by atoms with Gasteiger partial charge in [-0.25, -0.2) is 13.8 Å². The second kappa shape index (κ2) is 6.97. The third kappa shape index (κ3) is 3.40. The number of carboxylic acid groups (broad SMARTS) is 1.